The number of nitrogens with zero attached hydrogens (tertiary/aromatic N) is 6. The van der Waals surface area contributed by atoms with Gasteiger partial charge in [0.25, 0.3) is 0 Å². The number of nitrogens with two attached hydrogens (primary N) is 1. The van der Waals surface area contributed by atoms with Crippen LogP contribution in [0, 0.1) is 5.92 Å². The van der Waals surface area contributed by atoms with Crippen molar-refractivity contribution < 1.29 is 4.79 Å². The van der Waals surface area contributed by atoms with Gasteiger partial charge in [-0.1, -0.05) is 22.7 Å². The van der Waals surface area contributed by atoms with Crippen molar-refractivity contribution in [2.45, 2.75) is 38.0 Å². The van der Waals surface area contributed by atoms with Crippen molar-refractivity contribution in [3.63, 3.8) is 0 Å². The van der Waals surface area contributed by atoms with Crippen LogP contribution in [0.4, 0.5) is 10.3 Å². The van der Waals surface area contributed by atoms with Crippen LogP contribution in [0.3, 0.4) is 0 Å². The Labute approximate surface area is 163 Å². The summed E-state index contributed by atoms with van der Waals surface area (Å²) in [5, 5.41) is 22.2. The van der Waals surface area contributed by atoms with Crippen molar-refractivity contribution in [1.82, 2.24) is 30.4 Å². The molecule has 2 atom stereocenters. The van der Waals surface area contributed by atoms with E-state index in [1.54, 1.807) is 12.3 Å². The Morgan fingerprint density at radius 3 is 2.93 bits per heavy atom. The molecule has 3 aromatic heterocycles. The maximum atomic E-state index is 12.1. The molecule has 3 N–H and O–H groups in total. The van der Waals surface area contributed by atoms with Crippen molar-refractivity contribution in [2.75, 3.05) is 11.1 Å². The zero-order valence-electron chi connectivity index (χ0n) is 14.4. The van der Waals surface area contributed by atoms with Gasteiger partial charge in [0.15, 0.2) is 0 Å². The van der Waals surface area contributed by atoms with Crippen LogP contribution in [-0.4, -0.2) is 36.3 Å². The summed E-state index contributed by atoms with van der Waals surface area (Å²) in [5.41, 5.74) is 6.32. The summed E-state index contributed by atoms with van der Waals surface area (Å²) in [6, 6.07) is 1.72. The summed E-state index contributed by atoms with van der Waals surface area (Å²) in [6.45, 7) is 0. The first-order chi connectivity index (χ1) is 13.2. The lowest BCUT2D eigenvalue weighted by molar-refractivity contribution is -0.115. The standard InChI is InChI=1S/C16H18N8OS2/c17-15-23-21-13(26-15)6-9-1-2-10(5-9)14-22-24-16(27-14)20-12(25)7-11-3-4-18-8-19-11/h3-4,8-10H,1-2,5-7H2,(H2,17,23)(H,20,24,25)/t9-,10+/m1/s1. The van der Waals surface area contributed by atoms with E-state index in [0.717, 1.165) is 35.7 Å². The van der Waals surface area contributed by atoms with E-state index in [4.69, 9.17) is 5.73 Å². The van der Waals surface area contributed by atoms with Gasteiger partial charge >= 0.3 is 0 Å². The van der Waals surface area contributed by atoms with Gasteiger partial charge < -0.3 is 11.1 Å². The Balaban J connectivity index is 1.31. The lowest BCUT2D eigenvalue weighted by Crippen LogP contribution is -2.15. The minimum absolute atomic E-state index is 0.158. The summed E-state index contributed by atoms with van der Waals surface area (Å²) < 4.78 is 0. The highest BCUT2D eigenvalue weighted by atomic mass is 32.1. The van der Waals surface area contributed by atoms with E-state index in [9.17, 15) is 4.79 Å². The third kappa shape index (κ3) is 4.61. The van der Waals surface area contributed by atoms with E-state index in [1.165, 1.54) is 29.0 Å². The highest BCUT2D eigenvalue weighted by Crippen LogP contribution is 2.41. The molecular weight excluding hydrogens is 384 g/mol. The summed E-state index contributed by atoms with van der Waals surface area (Å²) in [5.74, 6) is 0.780. The van der Waals surface area contributed by atoms with Crippen LogP contribution in [0.2, 0.25) is 0 Å². The number of anilines is 2. The molecule has 1 aliphatic rings. The smallest absolute Gasteiger partial charge is 0.232 e. The van der Waals surface area contributed by atoms with E-state index in [2.05, 4.69) is 35.7 Å². The third-order valence-electron chi connectivity index (χ3n) is 4.51. The summed E-state index contributed by atoms with van der Waals surface area (Å²) in [7, 11) is 0. The van der Waals surface area contributed by atoms with E-state index in [0.29, 0.717) is 27.8 Å². The minimum atomic E-state index is -0.158. The van der Waals surface area contributed by atoms with E-state index in [-0.39, 0.29) is 12.3 Å². The third-order valence-corrected chi connectivity index (χ3v) is 6.28. The van der Waals surface area contributed by atoms with Gasteiger partial charge in [-0.3, -0.25) is 4.79 Å². The van der Waals surface area contributed by atoms with Crippen LogP contribution in [0.5, 0.6) is 0 Å². The highest BCUT2D eigenvalue weighted by Gasteiger charge is 2.29. The van der Waals surface area contributed by atoms with Crippen LogP contribution in [0.1, 0.15) is 40.9 Å². The molecule has 0 radical (unpaired) electrons. The van der Waals surface area contributed by atoms with Crippen LogP contribution < -0.4 is 11.1 Å². The predicted octanol–water partition coefficient (Wildman–Crippen LogP) is 2.07. The molecule has 1 saturated carbocycles. The molecule has 140 valence electrons. The van der Waals surface area contributed by atoms with Crippen LogP contribution >= 0.6 is 22.7 Å². The predicted molar refractivity (Wildman–Crippen MR) is 102 cm³/mol. The quantitative estimate of drug-likeness (QED) is 0.640. The Morgan fingerprint density at radius 2 is 2.15 bits per heavy atom. The fourth-order valence-corrected chi connectivity index (χ4v) is 4.91. The van der Waals surface area contributed by atoms with Gasteiger partial charge in [-0.25, -0.2) is 9.97 Å². The molecule has 1 aliphatic carbocycles. The summed E-state index contributed by atoms with van der Waals surface area (Å²) >= 11 is 2.91. The number of aromatic nitrogens is 6. The number of carbonyl (C=O) groups is 1. The van der Waals surface area contributed by atoms with Gasteiger partial charge in [0.1, 0.15) is 16.3 Å². The van der Waals surface area contributed by atoms with Gasteiger partial charge in [0, 0.05) is 18.5 Å². The molecule has 11 heteroatoms. The maximum Gasteiger partial charge on any atom is 0.232 e. The molecule has 1 fully saturated rings. The number of rotatable bonds is 6. The number of nitrogen functional groups attached to an aromatic ring is 1. The second-order valence-corrected chi connectivity index (χ2v) is 8.59. The fraction of sp³-hybridized carbons (Fsp3) is 0.438. The Morgan fingerprint density at radius 1 is 1.22 bits per heavy atom. The highest BCUT2D eigenvalue weighted by molar-refractivity contribution is 7.15. The van der Waals surface area contributed by atoms with Crippen LogP contribution in [0.25, 0.3) is 0 Å². The SMILES string of the molecule is Nc1nnc(C[C@@H]2CC[C@H](c3nnc(NC(=O)Cc4ccncn4)s3)C2)s1. The fourth-order valence-electron chi connectivity index (χ4n) is 3.28. The zero-order valence-corrected chi connectivity index (χ0v) is 16.0. The second kappa shape index (κ2) is 8.01. The zero-order chi connectivity index (χ0) is 18.6. The summed E-state index contributed by atoms with van der Waals surface area (Å²) in [6.07, 6.45) is 7.38. The molecule has 0 bridgehead atoms. The Hall–Kier alpha value is -2.53. The van der Waals surface area contributed by atoms with Gasteiger partial charge in [0.2, 0.25) is 16.2 Å². The van der Waals surface area contributed by atoms with Gasteiger partial charge in [-0.15, -0.1) is 20.4 Å². The second-order valence-electron chi connectivity index (χ2n) is 6.49. The number of nitrogens with one attached hydrogen (secondary N) is 1. The Kier molecular flexibility index (Phi) is 5.30. The average Bonchev–Trinajstić information content (AvgIpc) is 3.38. The first-order valence-electron chi connectivity index (χ1n) is 8.61. The van der Waals surface area contributed by atoms with E-state index < -0.39 is 0 Å². The molecule has 0 aliphatic heterocycles. The van der Waals surface area contributed by atoms with Crippen molar-refractivity contribution in [2.24, 2.45) is 5.92 Å². The molecular formula is C16H18N8OS2. The normalized spacial score (nSPS) is 19.3. The molecule has 4 rings (SSSR count). The van der Waals surface area contributed by atoms with Crippen molar-refractivity contribution in [3.8, 4) is 0 Å². The summed E-state index contributed by atoms with van der Waals surface area (Å²) in [4.78, 5) is 20.0. The topological polar surface area (TPSA) is 132 Å². The van der Waals surface area contributed by atoms with Crippen LogP contribution in [-0.2, 0) is 17.6 Å². The van der Waals surface area contributed by atoms with Gasteiger partial charge in [-0.05, 0) is 31.2 Å². The maximum absolute atomic E-state index is 12.1. The molecule has 0 aromatic carbocycles. The molecule has 1 amide bonds. The molecule has 9 nitrogen and oxygen atoms in total. The number of hydrogen-bond acceptors (Lipinski definition) is 10. The molecule has 0 unspecified atom stereocenters. The minimum Gasteiger partial charge on any atom is -0.374 e. The molecule has 3 aromatic rings. The monoisotopic (exact) mass is 402 g/mol. The molecule has 0 spiro atoms. The molecule has 3 heterocycles. The molecule has 27 heavy (non-hydrogen) atoms. The first-order valence-corrected chi connectivity index (χ1v) is 10.2. The number of carbonyl (C=O) groups excluding carboxylic acids is 1. The first kappa shape index (κ1) is 17.9. The van der Waals surface area contributed by atoms with E-state index in [1.807, 2.05) is 0 Å². The largest absolute Gasteiger partial charge is 0.374 e. The van der Waals surface area contributed by atoms with Crippen molar-refractivity contribution in [3.05, 3.63) is 34.3 Å². The lowest BCUT2D eigenvalue weighted by Gasteiger charge is -2.06. The Bertz CT molecular complexity index is 912. The molecule has 0 saturated heterocycles. The van der Waals surface area contributed by atoms with Crippen molar-refractivity contribution in [1.29, 1.82) is 0 Å². The number of hydrogen-bond donors (Lipinski definition) is 2. The van der Waals surface area contributed by atoms with E-state index >= 15 is 0 Å². The van der Waals surface area contributed by atoms with Gasteiger partial charge in [-0.2, -0.15) is 0 Å². The van der Waals surface area contributed by atoms with Crippen molar-refractivity contribution >= 4 is 38.8 Å². The number of amides is 1. The lowest BCUT2D eigenvalue weighted by atomic mass is 10.0. The average molecular weight is 403 g/mol. The van der Waals surface area contributed by atoms with Crippen LogP contribution in [0.15, 0.2) is 18.6 Å². The van der Waals surface area contributed by atoms with Gasteiger partial charge in [0.05, 0.1) is 12.1 Å².